The van der Waals surface area contributed by atoms with E-state index in [1.165, 1.54) is 0 Å². The first kappa shape index (κ1) is 14.6. The van der Waals surface area contributed by atoms with Crippen LogP contribution in [0.4, 0.5) is 0 Å². The van der Waals surface area contributed by atoms with Gasteiger partial charge in [-0.25, -0.2) is 0 Å². The number of aryl methyl sites for hydroxylation is 1. The lowest BCUT2D eigenvalue weighted by Gasteiger charge is -2.32. The van der Waals surface area contributed by atoms with Crippen molar-refractivity contribution in [1.82, 2.24) is 5.32 Å². The van der Waals surface area contributed by atoms with E-state index in [0.29, 0.717) is 23.4 Å². The van der Waals surface area contributed by atoms with Crippen LogP contribution >= 0.6 is 11.6 Å². The van der Waals surface area contributed by atoms with Gasteiger partial charge >= 0.3 is 0 Å². The van der Waals surface area contributed by atoms with Crippen LogP contribution in [0.2, 0.25) is 5.02 Å². The molecule has 2 rings (SSSR count). The first-order valence-electron chi connectivity index (χ1n) is 6.53. The van der Waals surface area contributed by atoms with Crippen molar-refractivity contribution in [1.29, 1.82) is 0 Å². The van der Waals surface area contributed by atoms with E-state index in [4.69, 9.17) is 21.4 Å². The molecule has 1 aromatic rings. The molecule has 0 spiro atoms. The van der Waals surface area contributed by atoms with Crippen LogP contribution < -0.4 is 10.1 Å². The summed E-state index contributed by atoms with van der Waals surface area (Å²) in [5, 5.41) is 22.8. The van der Waals surface area contributed by atoms with Crippen LogP contribution in [0, 0.1) is 6.92 Å². The summed E-state index contributed by atoms with van der Waals surface area (Å²) >= 11 is 5.93. The molecule has 1 aromatic carbocycles. The normalized spacial score (nSPS) is 23.8. The molecule has 0 amide bonds. The van der Waals surface area contributed by atoms with Gasteiger partial charge in [-0.2, -0.15) is 0 Å². The van der Waals surface area contributed by atoms with Crippen molar-refractivity contribution in [2.45, 2.75) is 38.0 Å². The van der Waals surface area contributed by atoms with Gasteiger partial charge in [-0.15, -0.1) is 0 Å². The minimum Gasteiger partial charge on any atom is -0.491 e. The summed E-state index contributed by atoms with van der Waals surface area (Å²) in [4.78, 5) is 0. The molecule has 1 aliphatic rings. The molecule has 0 aromatic heterocycles. The number of hydrogen-bond donors (Lipinski definition) is 3. The third-order valence-electron chi connectivity index (χ3n) is 3.33. The number of benzene rings is 1. The molecule has 0 radical (unpaired) electrons. The molecule has 1 unspecified atom stereocenters. The number of nitrogens with one attached hydrogen (secondary N) is 1. The topological polar surface area (TPSA) is 61.7 Å². The maximum atomic E-state index is 9.79. The highest BCUT2D eigenvalue weighted by atomic mass is 35.5. The van der Waals surface area contributed by atoms with E-state index in [1.54, 1.807) is 12.1 Å². The van der Waals surface area contributed by atoms with Crippen LogP contribution in [0.15, 0.2) is 18.2 Å². The lowest BCUT2D eigenvalue weighted by atomic mass is 9.89. The van der Waals surface area contributed by atoms with Crippen LogP contribution in [0.5, 0.6) is 5.75 Å². The van der Waals surface area contributed by atoms with Gasteiger partial charge in [0.25, 0.3) is 0 Å². The molecule has 1 aliphatic carbocycles. The summed E-state index contributed by atoms with van der Waals surface area (Å²) < 4.78 is 5.51. The van der Waals surface area contributed by atoms with Gasteiger partial charge in [0, 0.05) is 17.6 Å². The van der Waals surface area contributed by atoms with Crippen molar-refractivity contribution in [3.63, 3.8) is 0 Å². The van der Waals surface area contributed by atoms with Gasteiger partial charge in [-0.1, -0.05) is 11.6 Å². The van der Waals surface area contributed by atoms with E-state index >= 15 is 0 Å². The van der Waals surface area contributed by atoms with Gasteiger partial charge in [0.05, 0.1) is 6.10 Å². The monoisotopic (exact) mass is 285 g/mol. The van der Waals surface area contributed by atoms with E-state index in [2.05, 4.69) is 5.32 Å². The molecule has 1 fully saturated rings. The molecule has 1 atom stereocenters. The Balaban J connectivity index is 1.67. The lowest BCUT2D eigenvalue weighted by molar-refractivity contribution is 0.0488. The van der Waals surface area contributed by atoms with E-state index in [-0.39, 0.29) is 12.7 Å². The molecular formula is C14H20ClNO3. The van der Waals surface area contributed by atoms with E-state index in [0.717, 1.165) is 18.4 Å². The summed E-state index contributed by atoms with van der Waals surface area (Å²) in [6.45, 7) is 2.63. The third kappa shape index (κ3) is 4.35. The van der Waals surface area contributed by atoms with Gasteiger partial charge in [0.15, 0.2) is 0 Å². The maximum absolute atomic E-state index is 9.79. The Morgan fingerprint density at radius 3 is 2.84 bits per heavy atom. The van der Waals surface area contributed by atoms with Crippen molar-refractivity contribution in [3.8, 4) is 5.75 Å². The SMILES string of the molecule is Cc1cc(OCC(O)CNC2CC(O)C2)ccc1Cl. The molecule has 0 aliphatic heterocycles. The standard InChI is InChI=1S/C14H20ClNO3/c1-9-4-13(2-3-14(9)15)19-8-12(18)7-16-10-5-11(17)6-10/h2-4,10-12,16-18H,5-8H2,1H3. The minimum absolute atomic E-state index is 0.178. The zero-order valence-corrected chi connectivity index (χ0v) is 11.7. The number of ether oxygens (including phenoxy) is 1. The highest BCUT2D eigenvalue weighted by molar-refractivity contribution is 6.31. The van der Waals surface area contributed by atoms with Crippen molar-refractivity contribution in [3.05, 3.63) is 28.8 Å². The highest BCUT2D eigenvalue weighted by Crippen LogP contribution is 2.21. The van der Waals surface area contributed by atoms with Crippen LogP contribution in [-0.2, 0) is 0 Å². The lowest BCUT2D eigenvalue weighted by Crippen LogP contribution is -2.47. The number of rotatable bonds is 6. The Labute approximate surface area is 118 Å². The molecular weight excluding hydrogens is 266 g/mol. The minimum atomic E-state index is -0.561. The molecule has 5 heteroatoms. The first-order valence-corrected chi connectivity index (χ1v) is 6.91. The largest absolute Gasteiger partial charge is 0.491 e. The molecule has 4 nitrogen and oxygen atoms in total. The fourth-order valence-corrected chi connectivity index (χ4v) is 2.13. The van der Waals surface area contributed by atoms with Crippen LogP contribution in [0.3, 0.4) is 0 Å². The van der Waals surface area contributed by atoms with Crippen molar-refractivity contribution in [2.75, 3.05) is 13.2 Å². The second-order valence-corrected chi connectivity index (χ2v) is 5.51. The smallest absolute Gasteiger partial charge is 0.119 e. The van der Waals surface area contributed by atoms with Gasteiger partial charge < -0.3 is 20.3 Å². The zero-order valence-electron chi connectivity index (χ0n) is 11.0. The average Bonchev–Trinajstić information content (AvgIpc) is 2.34. The number of aliphatic hydroxyl groups excluding tert-OH is 2. The molecule has 106 valence electrons. The zero-order chi connectivity index (χ0) is 13.8. The quantitative estimate of drug-likeness (QED) is 0.741. The third-order valence-corrected chi connectivity index (χ3v) is 3.75. The van der Waals surface area contributed by atoms with E-state index < -0.39 is 6.10 Å². The molecule has 19 heavy (non-hydrogen) atoms. The van der Waals surface area contributed by atoms with Crippen molar-refractivity contribution >= 4 is 11.6 Å². The highest BCUT2D eigenvalue weighted by Gasteiger charge is 2.26. The Morgan fingerprint density at radius 1 is 1.47 bits per heavy atom. The molecule has 0 saturated heterocycles. The second kappa shape index (κ2) is 6.57. The number of hydrogen-bond acceptors (Lipinski definition) is 4. The fourth-order valence-electron chi connectivity index (χ4n) is 2.02. The average molecular weight is 286 g/mol. The van der Waals surface area contributed by atoms with Crippen LogP contribution in [-0.4, -0.2) is 41.6 Å². The second-order valence-electron chi connectivity index (χ2n) is 5.11. The Morgan fingerprint density at radius 2 is 2.21 bits per heavy atom. The van der Waals surface area contributed by atoms with E-state index in [1.807, 2.05) is 13.0 Å². The molecule has 3 N–H and O–H groups in total. The summed E-state index contributed by atoms with van der Waals surface area (Å²) in [5.41, 5.74) is 0.954. The van der Waals surface area contributed by atoms with E-state index in [9.17, 15) is 5.11 Å². The molecule has 1 saturated carbocycles. The van der Waals surface area contributed by atoms with Gasteiger partial charge in [-0.3, -0.25) is 0 Å². The van der Waals surface area contributed by atoms with Crippen molar-refractivity contribution < 1.29 is 14.9 Å². The van der Waals surface area contributed by atoms with Gasteiger partial charge in [0.1, 0.15) is 18.5 Å². The van der Waals surface area contributed by atoms with Gasteiger partial charge in [0.2, 0.25) is 0 Å². The van der Waals surface area contributed by atoms with Gasteiger partial charge in [-0.05, 0) is 43.5 Å². The number of aliphatic hydroxyl groups is 2. The number of halogens is 1. The summed E-state index contributed by atoms with van der Waals surface area (Å²) in [7, 11) is 0. The maximum Gasteiger partial charge on any atom is 0.119 e. The summed E-state index contributed by atoms with van der Waals surface area (Å²) in [5.74, 6) is 0.708. The predicted molar refractivity (Wildman–Crippen MR) is 74.7 cm³/mol. The predicted octanol–water partition coefficient (Wildman–Crippen LogP) is 1.50. The molecule has 0 heterocycles. The Kier molecular flexibility index (Phi) is 5.05. The van der Waals surface area contributed by atoms with Crippen LogP contribution in [0.25, 0.3) is 0 Å². The Bertz CT molecular complexity index is 421. The Hall–Kier alpha value is -0.810. The molecule has 0 bridgehead atoms. The summed E-state index contributed by atoms with van der Waals surface area (Å²) in [6, 6.07) is 5.75. The van der Waals surface area contributed by atoms with Crippen molar-refractivity contribution in [2.24, 2.45) is 0 Å². The summed E-state index contributed by atoms with van der Waals surface area (Å²) in [6.07, 6.45) is 0.796. The van der Waals surface area contributed by atoms with Crippen LogP contribution in [0.1, 0.15) is 18.4 Å². The first-order chi connectivity index (χ1) is 9.04. The fraction of sp³-hybridized carbons (Fsp3) is 0.571.